The molecule has 0 unspecified atom stereocenters. The second-order valence-corrected chi connectivity index (χ2v) is 9.36. The van der Waals surface area contributed by atoms with Crippen molar-refractivity contribution in [2.24, 2.45) is 10.9 Å². The van der Waals surface area contributed by atoms with Gasteiger partial charge in [-0.25, -0.2) is 14.1 Å². The molecule has 6 rings (SSSR count). The third-order valence-electron chi connectivity index (χ3n) is 6.21. The van der Waals surface area contributed by atoms with Crippen molar-refractivity contribution < 1.29 is 13.9 Å². The number of fused-ring (bicyclic) bond motifs is 2. The van der Waals surface area contributed by atoms with E-state index in [0.717, 1.165) is 37.0 Å². The monoisotopic (exact) mass is 416 g/mol. The molecule has 0 N–H and O–H groups in total. The number of anilines is 1. The SMILES string of the molecule is O=C1N(CC2CC2)c2cc(/N=c3\sc(=O)n4n3CCCC4)c(F)cc2OC12CC2. The van der Waals surface area contributed by atoms with Gasteiger partial charge in [-0.3, -0.25) is 14.3 Å². The smallest absolute Gasteiger partial charge is 0.325 e. The van der Waals surface area contributed by atoms with Gasteiger partial charge in [-0.1, -0.05) is 0 Å². The molecule has 1 amide bonds. The molecule has 2 aliphatic heterocycles. The highest BCUT2D eigenvalue weighted by Gasteiger charge is 2.58. The van der Waals surface area contributed by atoms with Gasteiger partial charge in [0.15, 0.2) is 11.4 Å². The summed E-state index contributed by atoms with van der Waals surface area (Å²) in [5.41, 5.74) is -0.0653. The van der Waals surface area contributed by atoms with Gasteiger partial charge in [-0.2, -0.15) is 0 Å². The van der Waals surface area contributed by atoms with Crippen LogP contribution in [0.1, 0.15) is 38.5 Å². The largest absolute Gasteiger partial charge is 0.475 e. The number of ether oxygens (including phenoxy) is 1. The Hall–Kier alpha value is -2.42. The molecule has 0 atom stereocenters. The van der Waals surface area contributed by atoms with Crippen molar-refractivity contribution >= 4 is 28.6 Å². The summed E-state index contributed by atoms with van der Waals surface area (Å²) < 4.78 is 24.3. The number of hydrogen-bond acceptors (Lipinski definition) is 5. The number of benzene rings is 1. The average Bonchev–Trinajstić information content (AvgIpc) is 3.63. The van der Waals surface area contributed by atoms with Crippen LogP contribution in [-0.2, 0) is 17.9 Å². The number of hydrogen-bond donors (Lipinski definition) is 0. The maximum atomic E-state index is 14.9. The van der Waals surface area contributed by atoms with Crippen LogP contribution >= 0.6 is 11.3 Å². The third kappa shape index (κ3) is 2.78. The van der Waals surface area contributed by atoms with Crippen LogP contribution in [0.3, 0.4) is 0 Å². The molecule has 4 aliphatic rings. The van der Waals surface area contributed by atoms with Gasteiger partial charge < -0.3 is 9.64 Å². The fraction of sp³-hybridized carbons (Fsp3) is 0.550. The van der Waals surface area contributed by atoms with E-state index < -0.39 is 11.4 Å². The van der Waals surface area contributed by atoms with Crippen LogP contribution in [0, 0.1) is 11.7 Å². The number of carbonyl (C=O) groups excluding carboxylic acids is 1. The van der Waals surface area contributed by atoms with Gasteiger partial charge in [-0.15, -0.1) is 0 Å². The standard InChI is InChI=1S/C20H21FN4O3S/c21-13-9-16-15(23(11-12-3-4-12)17(26)20(28-16)5-6-20)10-14(13)22-18-24-7-1-2-8-25(24)19(27)29-18/h9-10,12H,1-8,11H2/b22-18-. The Morgan fingerprint density at radius 1 is 1.17 bits per heavy atom. The van der Waals surface area contributed by atoms with E-state index in [2.05, 4.69) is 4.99 Å². The third-order valence-corrected chi connectivity index (χ3v) is 7.08. The first kappa shape index (κ1) is 17.4. The molecule has 1 aromatic heterocycles. The molecular weight excluding hydrogens is 395 g/mol. The number of halogens is 1. The summed E-state index contributed by atoms with van der Waals surface area (Å²) in [5, 5.41) is 0. The Morgan fingerprint density at radius 2 is 1.93 bits per heavy atom. The molecule has 2 aromatic rings. The Balaban J connectivity index is 1.47. The zero-order valence-electron chi connectivity index (χ0n) is 15.9. The predicted molar refractivity (Wildman–Crippen MR) is 105 cm³/mol. The maximum absolute atomic E-state index is 14.9. The van der Waals surface area contributed by atoms with Gasteiger partial charge in [0.2, 0.25) is 4.80 Å². The van der Waals surface area contributed by atoms with Crippen LogP contribution in [0.15, 0.2) is 21.9 Å². The average molecular weight is 416 g/mol. The Labute approximate surface area is 170 Å². The van der Waals surface area contributed by atoms with Crippen LogP contribution < -0.4 is 19.3 Å². The zero-order valence-corrected chi connectivity index (χ0v) is 16.7. The first-order valence-electron chi connectivity index (χ1n) is 10.2. The van der Waals surface area contributed by atoms with E-state index in [-0.39, 0.29) is 16.5 Å². The Morgan fingerprint density at radius 3 is 2.66 bits per heavy atom. The molecule has 2 saturated carbocycles. The van der Waals surface area contributed by atoms with E-state index in [9.17, 15) is 14.0 Å². The molecule has 0 radical (unpaired) electrons. The van der Waals surface area contributed by atoms with E-state index in [0.29, 0.717) is 54.6 Å². The summed E-state index contributed by atoms with van der Waals surface area (Å²) in [6.07, 6.45) is 5.53. The normalized spacial score (nSPS) is 22.4. The van der Waals surface area contributed by atoms with Crippen LogP contribution in [0.25, 0.3) is 0 Å². The molecule has 2 fully saturated rings. The summed E-state index contributed by atoms with van der Waals surface area (Å²) in [5.74, 6) is 0.399. The topological polar surface area (TPSA) is 68.8 Å². The molecule has 1 aromatic carbocycles. The zero-order chi connectivity index (χ0) is 19.8. The second kappa shape index (κ2) is 6.04. The van der Waals surface area contributed by atoms with E-state index in [1.54, 1.807) is 15.6 Å². The van der Waals surface area contributed by atoms with Gasteiger partial charge in [0.25, 0.3) is 5.91 Å². The van der Waals surface area contributed by atoms with E-state index in [4.69, 9.17) is 4.74 Å². The van der Waals surface area contributed by atoms with Gasteiger partial charge in [0, 0.05) is 38.5 Å². The van der Waals surface area contributed by atoms with E-state index >= 15 is 0 Å². The number of amides is 1. The molecular formula is C20H21FN4O3S. The molecule has 2 aliphatic carbocycles. The van der Waals surface area contributed by atoms with Crippen molar-refractivity contribution in [1.29, 1.82) is 0 Å². The predicted octanol–water partition coefficient (Wildman–Crippen LogP) is 2.54. The number of nitrogens with zero attached hydrogens (tertiary/aromatic N) is 4. The minimum Gasteiger partial charge on any atom is -0.475 e. The summed E-state index contributed by atoms with van der Waals surface area (Å²) in [7, 11) is 0. The molecule has 3 heterocycles. The Bertz CT molecular complexity index is 1160. The van der Waals surface area contributed by atoms with Crippen LogP contribution in [0.4, 0.5) is 15.8 Å². The molecule has 152 valence electrons. The highest BCUT2D eigenvalue weighted by molar-refractivity contribution is 7.06. The molecule has 0 bridgehead atoms. The minimum absolute atomic E-state index is 0.0188. The van der Waals surface area contributed by atoms with Crippen molar-refractivity contribution in [1.82, 2.24) is 9.36 Å². The van der Waals surface area contributed by atoms with Gasteiger partial charge in [0.1, 0.15) is 11.4 Å². The summed E-state index contributed by atoms with van der Waals surface area (Å²) in [6, 6.07) is 2.95. The Kier molecular flexibility index (Phi) is 3.63. The van der Waals surface area contributed by atoms with Crippen molar-refractivity contribution in [3.05, 3.63) is 32.4 Å². The lowest BCUT2D eigenvalue weighted by molar-refractivity contribution is -0.128. The fourth-order valence-electron chi connectivity index (χ4n) is 4.21. The highest BCUT2D eigenvalue weighted by Crippen LogP contribution is 2.51. The highest BCUT2D eigenvalue weighted by atomic mass is 32.1. The molecule has 7 nitrogen and oxygen atoms in total. The first-order chi connectivity index (χ1) is 14.0. The molecule has 29 heavy (non-hydrogen) atoms. The number of carbonyl (C=O) groups is 1. The van der Waals surface area contributed by atoms with Gasteiger partial charge in [-0.05, 0) is 49.0 Å². The number of rotatable bonds is 3. The molecule has 9 heteroatoms. The molecule has 0 saturated heterocycles. The lowest BCUT2D eigenvalue weighted by atomic mass is 10.1. The van der Waals surface area contributed by atoms with E-state index in [1.807, 2.05) is 4.68 Å². The second-order valence-electron chi connectivity index (χ2n) is 8.44. The van der Waals surface area contributed by atoms with Gasteiger partial charge in [0.05, 0.1) is 5.69 Å². The van der Waals surface area contributed by atoms with Crippen LogP contribution in [-0.4, -0.2) is 27.4 Å². The van der Waals surface area contributed by atoms with Gasteiger partial charge >= 0.3 is 4.87 Å². The van der Waals surface area contributed by atoms with Crippen molar-refractivity contribution in [3.8, 4) is 5.75 Å². The molecule has 1 spiro atoms. The quantitative estimate of drug-likeness (QED) is 0.772. The summed E-state index contributed by atoms with van der Waals surface area (Å²) in [4.78, 5) is 31.9. The van der Waals surface area contributed by atoms with E-state index in [1.165, 1.54) is 6.07 Å². The van der Waals surface area contributed by atoms with Crippen molar-refractivity contribution in [2.45, 2.75) is 57.2 Å². The van der Waals surface area contributed by atoms with Crippen molar-refractivity contribution in [3.63, 3.8) is 0 Å². The fourth-order valence-corrected chi connectivity index (χ4v) is 5.10. The lowest BCUT2D eigenvalue weighted by Gasteiger charge is -2.35. The lowest BCUT2D eigenvalue weighted by Crippen LogP contribution is -2.48. The van der Waals surface area contributed by atoms with Crippen molar-refractivity contribution in [2.75, 3.05) is 11.4 Å². The first-order valence-corrected chi connectivity index (χ1v) is 11.1. The minimum atomic E-state index is -0.788. The van der Waals surface area contributed by atoms with Crippen LogP contribution in [0.5, 0.6) is 5.75 Å². The summed E-state index contributed by atoms with van der Waals surface area (Å²) in [6.45, 7) is 2.00. The van der Waals surface area contributed by atoms with Crippen LogP contribution in [0.2, 0.25) is 0 Å². The summed E-state index contributed by atoms with van der Waals surface area (Å²) >= 11 is 1.03. The maximum Gasteiger partial charge on any atom is 0.325 e. The number of aromatic nitrogens is 2.